The number of aryl methyl sites for hydroxylation is 1. The smallest absolute Gasteiger partial charge is 0.222 e. The summed E-state index contributed by atoms with van der Waals surface area (Å²) in [6.45, 7) is 3.45. The number of carbonyl (C=O) groups is 1. The molecule has 3 rings (SSSR count). The summed E-state index contributed by atoms with van der Waals surface area (Å²) in [4.78, 5) is 15.4. The van der Waals surface area contributed by atoms with Crippen molar-refractivity contribution in [2.75, 3.05) is 5.32 Å². The van der Waals surface area contributed by atoms with Crippen molar-refractivity contribution in [3.05, 3.63) is 48.3 Å². The molecule has 0 atom stereocenters. The van der Waals surface area contributed by atoms with Crippen LogP contribution in [0.1, 0.15) is 12.5 Å². The van der Waals surface area contributed by atoms with Gasteiger partial charge in [-0.15, -0.1) is 0 Å². The zero-order chi connectivity index (χ0) is 15.0. The first-order valence-electron chi connectivity index (χ1n) is 6.59. The summed E-state index contributed by atoms with van der Waals surface area (Å²) < 4.78 is 1.85. The summed E-state index contributed by atoms with van der Waals surface area (Å²) in [5, 5.41) is 12.3. The lowest BCUT2D eigenvalue weighted by Crippen LogP contribution is -2.05. The van der Waals surface area contributed by atoms with Gasteiger partial charge in [0.1, 0.15) is 11.4 Å². The van der Waals surface area contributed by atoms with Gasteiger partial charge in [0.2, 0.25) is 5.91 Å². The van der Waals surface area contributed by atoms with E-state index in [0.717, 1.165) is 22.3 Å². The highest BCUT2D eigenvalue weighted by atomic mass is 16.3. The Morgan fingerprint density at radius 2 is 2.05 bits per heavy atom. The molecule has 0 saturated carbocycles. The number of aromatic hydroxyl groups is 1. The van der Waals surface area contributed by atoms with Gasteiger partial charge in [-0.25, -0.2) is 4.98 Å². The second-order valence-electron chi connectivity index (χ2n) is 4.99. The van der Waals surface area contributed by atoms with Crippen molar-refractivity contribution in [3.63, 3.8) is 0 Å². The van der Waals surface area contributed by atoms with E-state index >= 15 is 0 Å². The molecule has 2 heterocycles. The maximum atomic E-state index is 11.1. The van der Waals surface area contributed by atoms with Crippen LogP contribution in [0.25, 0.3) is 16.8 Å². The first-order valence-corrected chi connectivity index (χ1v) is 6.59. The van der Waals surface area contributed by atoms with E-state index in [4.69, 9.17) is 0 Å². The molecule has 0 unspecified atom stereocenters. The molecule has 3 aromatic rings. The van der Waals surface area contributed by atoms with Gasteiger partial charge < -0.3 is 14.8 Å². The van der Waals surface area contributed by atoms with Crippen LogP contribution in [0.15, 0.2) is 42.7 Å². The molecule has 0 fully saturated rings. The van der Waals surface area contributed by atoms with Crippen molar-refractivity contribution in [2.24, 2.45) is 0 Å². The normalized spacial score (nSPS) is 10.8. The van der Waals surface area contributed by atoms with Crippen LogP contribution < -0.4 is 5.32 Å². The van der Waals surface area contributed by atoms with Crippen LogP contribution in [0, 0.1) is 6.92 Å². The minimum Gasteiger partial charge on any atom is -0.508 e. The van der Waals surface area contributed by atoms with Crippen molar-refractivity contribution < 1.29 is 9.90 Å². The SMILES string of the molecule is CC(=O)Nc1cn2cc(-c3cc(O)ccc3C)ccc2n1. The standard InChI is InChI=1S/C16H15N3O2/c1-10-3-5-13(21)7-14(10)12-4-6-16-18-15(17-11(2)20)9-19(16)8-12/h3-9,21H,1-2H3,(H,17,20). The first kappa shape index (κ1) is 13.2. The summed E-state index contributed by atoms with van der Waals surface area (Å²) in [6.07, 6.45) is 3.69. The minimum atomic E-state index is -0.151. The number of nitrogens with zero attached hydrogens (tertiary/aromatic N) is 2. The lowest BCUT2D eigenvalue weighted by atomic mass is 10.0. The Hall–Kier alpha value is -2.82. The number of aromatic nitrogens is 2. The maximum Gasteiger partial charge on any atom is 0.222 e. The Bertz CT molecular complexity index is 837. The average Bonchev–Trinajstić information content (AvgIpc) is 2.81. The topological polar surface area (TPSA) is 66.6 Å². The van der Waals surface area contributed by atoms with Gasteiger partial charge in [-0.05, 0) is 47.9 Å². The number of amides is 1. The Kier molecular flexibility index (Phi) is 3.10. The quantitative estimate of drug-likeness (QED) is 0.759. The molecule has 1 amide bonds. The number of phenols is 1. The predicted octanol–water partition coefficient (Wildman–Crippen LogP) is 2.97. The van der Waals surface area contributed by atoms with Crippen molar-refractivity contribution in [3.8, 4) is 16.9 Å². The second-order valence-corrected chi connectivity index (χ2v) is 4.99. The highest BCUT2D eigenvalue weighted by Crippen LogP contribution is 2.27. The number of fused-ring (bicyclic) bond motifs is 1. The molecule has 0 aliphatic rings. The Morgan fingerprint density at radius 1 is 1.24 bits per heavy atom. The molecule has 1 aromatic carbocycles. The molecule has 0 spiro atoms. The number of hydrogen-bond acceptors (Lipinski definition) is 3. The largest absolute Gasteiger partial charge is 0.508 e. The van der Waals surface area contributed by atoms with E-state index in [9.17, 15) is 9.90 Å². The van der Waals surface area contributed by atoms with Crippen LogP contribution in [0.3, 0.4) is 0 Å². The van der Waals surface area contributed by atoms with Crippen LogP contribution in [0.5, 0.6) is 5.75 Å². The fraction of sp³-hybridized carbons (Fsp3) is 0.125. The van der Waals surface area contributed by atoms with Crippen LogP contribution >= 0.6 is 0 Å². The first-order chi connectivity index (χ1) is 10.0. The molecule has 21 heavy (non-hydrogen) atoms. The maximum absolute atomic E-state index is 11.1. The molecule has 5 nitrogen and oxygen atoms in total. The van der Waals surface area contributed by atoms with Gasteiger partial charge in [0.05, 0.1) is 6.20 Å². The minimum absolute atomic E-state index is 0.151. The monoisotopic (exact) mass is 281 g/mol. The van der Waals surface area contributed by atoms with Crippen LogP contribution in [0.4, 0.5) is 5.82 Å². The summed E-state index contributed by atoms with van der Waals surface area (Å²) in [5.41, 5.74) is 3.77. The van der Waals surface area contributed by atoms with Crippen molar-refractivity contribution in [1.29, 1.82) is 0 Å². The molecule has 0 radical (unpaired) electrons. The van der Waals surface area contributed by atoms with Gasteiger partial charge >= 0.3 is 0 Å². The fourth-order valence-electron chi connectivity index (χ4n) is 2.31. The number of rotatable bonds is 2. The zero-order valence-electron chi connectivity index (χ0n) is 11.8. The lowest BCUT2D eigenvalue weighted by molar-refractivity contribution is -0.114. The lowest BCUT2D eigenvalue weighted by Gasteiger charge is -2.07. The third-order valence-electron chi connectivity index (χ3n) is 3.29. The molecule has 0 aliphatic carbocycles. The van der Waals surface area contributed by atoms with Crippen molar-refractivity contribution in [1.82, 2.24) is 9.38 Å². The number of hydrogen-bond donors (Lipinski definition) is 2. The predicted molar refractivity (Wildman–Crippen MR) is 81.3 cm³/mol. The second kappa shape index (κ2) is 4.94. The molecule has 106 valence electrons. The third-order valence-corrected chi connectivity index (χ3v) is 3.29. The molecule has 0 bridgehead atoms. The highest BCUT2D eigenvalue weighted by molar-refractivity contribution is 5.88. The van der Waals surface area contributed by atoms with E-state index in [-0.39, 0.29) is 11.7 Å². The van der Waals surface area contributed by atoms with E-state index in [2.05, 4.69) is 10.3 Å². The number of imidazole rings is 1. The summed E-state index contributed by atoms with van der Waals surface area (Å²) >= 11 is 0. The summed E-state index contributed by atoms with van der Waals surface area (Å²) in [7, 11) is 0. The van der Waals surface area contributed by atoms with Gasteiger partial charge in [-0.3, -0.25) is 4.79 Å². The molecule has 0 aliphatic heterocycles. The zero-order valence-corrected chi connectivity index (χ0v) is 11.8. The van der Waals surface area contributed by atoms with Crippen LogP contribution in [0.2, 0.25) is 0 Å². The van der Waals surface area contributed by atoms with Gasteiger partial charge in [0, 0.05) is 13.1 Å². The average molecular weight is 281 g/mol. The van der Waals surface area contributed by atoms with E-state index in [1.807, 2.05) is 35.7 Å². The fourth-order valence-corrected chi connectivity index (χ4v) is 2.31. The molecule has 2 N–H and O–H groups in total. The Morgan fingerprint density at radius 3 is 2.81 bits per heavy atom. The van der Waals surface area contributed by atoms with E-state index < -0.39 is 0 Å². The number of carbonyl (C=O) groups excluding carboxylic acids is 1. The summed E-state index contributed by atoms with van der Waals surface area (Å²) in [5.74, 6) is 0.606. The van der Waals surface area contributed by atoms with E-state index in [1.54, 1.807) is 18.3 Å². The molecule has 5 heteroatoms. The van der Waals surface area contributed by atoms with E-state index in [1.165, 1.54) is 6.92 Å². The van der Waals surface area contributed by atoms with E-state index in [0.29, 0.717) is 5.82 Å². The van der Waals surface area contributed by atoms with Crippen LogP contribution in [-0.2, 0) is 4.79 Å². The highest BCUT2D eigenvalue weighted by Gasteiger charge is 2.07. The van der Waals surface area contributed by atoms with Gasteiger partial charge in [-0.2, -0.15) is 0 Å². The van der Waals surface area contributed by atoms with Crippen molar-refractivity contribution >= 4 is 17.4 Å². The summed E-state index contributed by atoms with van der Waals surface area (Å²) in [6, 6.07) is 9.11. The molecule has 0 saturated heterocycles. The number of pyridine rings is 1. The van der Waals surface area contributed by atoms with Crippen LogP contribution in [-0.4, -0.2) is 20.4 Å². The number of anilines is 1. The Labute approximate surface area is 121 Å². The number of benzene rings is 1. The number of nitrogens with one attached hydrogen (secondary N) is 1. The number of phenolic OH excluding ortho intramolecular Hbond substituents is 1. The molecule has 2 aromatic heterocycles. The Balaban J connectivity index is 2.08. The van der Waals surface area contributed by atoms with Gasteiger partial charge in [0.15, 0.2) is 5.82 Å². The molecular weight excluding hydrogens is 266 g/mol. The van der Waals surface area contributed by atoms with Gasteiger partial charge in [0.25, 0.3) is 0 Å². The third kappa shape index (κ3) is 2.58. The van der Waals surface area contributed by atoms with Gasteiger partial charge in [-0.1, -0.05) is 6.07 Å². The van der Waals surface area contributed by atoms with Crippen molar-refractivity contribution in [2.45, 2.75) is 13.8 Å². The molecular formula is C16H15N3O2.